The van der Waals surface area contributed by atoms with Crippen LogP contribution in [-0.2, 0) is 16.0 Å². The number of carbonyl (C=O) groups is 1. The molecule has 118 valence electrons. The highest BCUT2D eigenvalue weighted by atomic mass is 19.1. The van der Waals surface area contributed by atoms with Crippen LogP contribution in [0.3, 0.4) is 0 Å². The molecule has 4 nitrogen and oxygen atoms in total. The molecule has 1 aromatic carbocycles. The van der Waals surface area contributed by atoms with Gasteiger partial charge in [-0.15, -0.1) is 0 Å². The number of hydrogen-bond donors (Lipinski definition) is 1. The Hall–Kier alpha value is -1.62. The van der Waals surface area contributed by atoms with Gasteiger partial charge in [0.1, 0.15) is 11.6 Å². The summed E-state index contributed by atoms with van der Waals surface area (Å²) in [5, 5.41) is 0. The van der Waals surface area contributed by atoms with Crippen molar-refractivity contribution < 1.29 is 18.7 Å². The number of esters is 1. The molecular weight excluding hydrogens is 273 g/mol. The van der Waals surface area contributed by atoms with Gasteiger partial charge in [0.15, 0.2) is 0 Å². The smallest absolute Gasteiger partial charge is 0.305 e. The van der Waals surface area contributed by atoms with E-state index in [-0.39, 0.29) is 11.8 Å². The molecule has 2 N–H and O–H groups in total. The van der Waals surface area contributed by atoms with Crippen LogP contribution >= 0.6 is 0 Å². The SMILES string of the molecule is CCOC(=O)CCCCCOc1cc(F)cc(CCN)c1. The van der Waals surface area contributed by atoms with Gasteiger partial charge in [0.2, 0.25) is 0 Å². The van der Waals surface area contributed by atoms with E-state index in [1.54, 1.807) is 6.92 Å². The topological polar surface area (TPSA) is 61.5 Å². The lowest BCUT2D eigenvalue weighted by atomic mass is 10.1. The van der Waals surface area contributed by atoms with Crippen molar-refractivity contribution in [1.82, 2.24) is 0 Å². The van der Waals surface area contributed by atoms with Gasteiger partial charge >= 0.3 is 5.97 Å². The maximum absolute atomic E-state index is 13.4. The molecule has 0 fully saturated rings. The lowest BCUT2D eigenvalue weighted by molar-refractivity contribution is -0.143. The maximum atomic E-state index is 13.4. The van der Waals surface area contributed by atoms with Crippen LogP contribution in [0.1, 0.15) is 38.2 Å². The number of ether oxygens (including phenoxy) is 2. The lowest BCUT2D eigenvalue weighted by Gasteiger charge is -2.08. The van der Waals surface area contributed by atoms with Crippen molar-refractivity contribution in [2.75, 3.05) is 19.8 Å². The third-order valence-electron chi connectivity index (χ3n) is 2.96. The van der Waals surface area contributed by atoms with Crippen LogP contribution in [0, 0.1) is 5.82 Å². The summed E-state index contributed by atoms with van der Waals surface area (Å²) in [7, 11) is 0. The predicted octanol–water partition coefficient (Wildman–Crippen LogP) is 2.83. The molecule has 0 amide bonds. The summed E-state index contributed by atoms with van der Waals surface area (Å²) in [6.45, 7) is 3.21. The average molecular weight is 297 g/mol. The van der Waals surface area contributed by atoms with Crippen molar-refractivity contribution >= 4 is 5.97 Å². The fourth-order valence-corrected chi connectivity index (χ4v) is 1.99. The van der Waals surface area contributed by atoms with Crippen LogP contribution in [0.15, 0.2) is 18.2 Å². The zero-order chi connectivity index (χ0) is 15.5. The van der Waals surface area contributed by atoms with E-state index < -0.39 is 0 Å². The van der Waals surface area contributed by atoms with E-state index in [0.717, 1.165) is 24.8 Å². The Morgan fingerprint density at radius 2 is 2.05 bits per heavy atom. The van der Waals surface area contributed by atoms with Gasteiger partial charge in [-0.05, 0) is 56.8 Å². The minimum atomic E-state index is -0.307. The summed E-state index contributed by atoms with van der Waals surface area (Å²) in [4.78, 5) is 11.1. The molecular formula is C16H24FNO3. The summed E-state index contributed by atoms with van der Waals surface area (Å²) in [5.41, 5.74) is 6.30. The zero-order valence-corrected chi connectivity index (χ0v) is 12.6. The van der Waals surface area contributed by atoms with Crippen LogP contribution in [-0.4, -0.2) is 25.7 Å². The van der Waals surface area contributed by atoms with Crippen LogP contribution in [0.2, 0.25) is 0 Å². The van der Waals surface area contributed by atoms with E-state index in [0.29, 0.717) is 38.3 Å². The van der Waals surface area contributed by atoms with Crippen LogP contribution < -0.4 is 10.5 Å². The van der Waals surface area contributed by atoms with Crippen LogP contribution in [0.5, 0.6) is 5.75 Å². The maximum Gasteiger partial charge on any atom is 0.305 e. The molecule has 0 saturated heterocycles. The van der Waals surface area contributed by atoms with E-state index in [4.69, 9.17) is 15.2 Å². The molecule has 0 aliphatic heterocycles. The number of rotatable bonds is 10. The van der Waals surface area contributed by atoms with E-state index >= 15 is 0 Å². The average Bonchev–Trinajstić information content (AvgIpc) is 2.43. The van der Waals surface area contributed by atoms with E-state index in [2.05, 4.69) is 0 Å². The van der Waals surface area contributed by atoms with Gasteiger partial charge in [0, 0.05) is 12.5 Å². The third kappa shape index (κ3) is 7.66. The van der Waals surface area contributed by atoms with Crippen LogP contribution in [0.4, 0.5) is 4.39 Å². The van der Waals surface area contributed by atoms with Gasteiger partial charge in [-0.25, -0.2) is 4.39 Å². The summed E-state index contributed by atoms with van der Waals surface area (Å²) >= 11 is 0. The molecule has 0 atom stereocenters. The summed E-state index contributed by atoms with van der Waals surface area (Å²) in [6.07, 6.45) is 3.55. The molecule has 0 bridgehead atoms. The highest BCUT2D eigenvalue weighted by Crippen LogP contribution is 2.17. The number of hydrogen-bond acceptors (Lipinski definition) is 4. The molecule has 0 aliphatic rings. The Balaban J connectivity index is 2.22. The Morgan fingerprint density at radius 1 is 1.24 bits per heavy atom. The van der Waals surface area contributed by atoms with Crippen molar-refractivity contribution in [3.8, 4) is 5.75 Å². The van der Waals surface area contributed by atoms with Gasteiger partial charge in [-0.2, -0.15) is 0 Å². The summed E-state index contributed by atoms with van der Waals surface area (Å²) in [6, 6.07) is 4.66. The number of benzene rings is 1. The molecule has 5 heteroatoms. The standard InChI is InChI=1S/C16H24FNO3/c1-2-20-16(19)6-4-3-5-9-21-15-11-13(7-8-18)10-14(17)12-15/h10-12H,2-9,18H2,1H3. The molecule has 21 heavy (non-hydrogen) atoms. The molecule has 0 unspecified atom stereocenters. The van der Waals surface area contributed by atoms with Gasteiger partial charge in [-0.1, -0.05) is 0 Å². The minimum absolute atomic E-state index is 0.157. The Kier molecular flexibility index (Phi) is 8.43. The van der Waals surface area contributed by atoms with Gasteiger partial charge < -0.3 is 15.2 Å². The first-order chi connectivity index (χ1) is 10.2. The van der Waals surface area contributed by atoms with E-state index in [1.807, 2.05) is 6.07 Å². The Labute approximate surface area is 125 Å². The van der Waals surface area contributed by atoms with Crippen molar-refractivity contribution in [2.24, 2.45) is 5.73 Å². The monoisotopic (exact) mass is 297 g/mol. The highest BCUT2D eigenvalue weighted by Gasteiger charge is 2.03. The highest BCUT2D eigenvalue weighted by molar-refractivity contribution is 5.69. The van der Waals surface area contributed by atoms with Gasteiger partial charge in [-0.3, -0.25) is 4.79 Å². The first-order valence-electron chi connectivity index (χ1n) is 7.43. The molecule has 0 radical (unpaired) electrons. The Morgan fingerprint density at radius 3 is 2.76 bits per heavy atom. The summed E-state index contributed by atoms with van der Waals surface area (Å²) in [5.74, 6) is 0.0667. The largest absolute Gasteiger partial charge is 0.493 e. The van der Waals surface area contributed by atoms with Crippen molar-refractivity contribution in [3.05, 3.63) is 29.6 Å². The van der Waals surface area contributed by atoms with Crippen LogP contribution in [0.25, 0.3) is 0 Å². The first-order valence-corrected chi connectivity index (χ1v) is 7.43. The zero-order valence-electron chi connectivity index (χ0n) is 12.6. The summed E-state index contributed by atoms with van der Waals surface area (Å²) < 4.78 is 23.7. The molecule has 0 aromatic heterocycles. The second kappa shape index (κ2) is 10.2. The second-order valence-electron chi connectivity index (χ2n) is 4.80. The predicted molar refractivity (Wildman–Crippen MR) is 79.8 cm³/mol. The first kappa shape index (κ1) is 17.4. The van der Waals surface area contributed by atoms with Crippen molar-refractivity contribution in [2.45, 2.75) is 39.0 Å². The molecule has 0 heterocycles. The van der Waals surface area contributed by atoms with Crippen molar-refractivity contribution in [3.63, 3.8) is 0 Å². The molecule has 0 saturated carbocycles. The lowest BCUT2D eigenvalue weighted by Crippen LogP contribution is -2.05. The normalized spacial score (nSPS) is 10.4. The fourth-order valence-electron chi connectivity index (χ4n) is 1.99. The van der Waals surface area contributed by atoms with Gasteiger partial charge in [0.05, 0.1) is 13.2 Å². The van der Waals surface area contributed by atoms with E-state index in [1.165, 1.54) is 12.1 Å². The fraction of sp³-hybridized carbons (Fsp3) is 0.562. The number of nitrogens with two attached hydrogens (primary N) is 1. The molecule has 1 aromatic rings. The molecule has 1 rings (SSSR count). The second-order valence-corrected chi connectivity index (χ2v) is 4.80. The van der Waals surface area contributed by atoms with E-state index in [9.17, 15) is 9.18 Å². The van der Waals surface area contributed by atoms with Gasteiger partial charge in [0.25, 0.3) is 0 Å². The number of carbonyl (C=O) groups excluding carboxylic acids is 1. The molecule has 0 aliphatic carbocycles. The number of unbranched alkanes of at least 4 members (excludes halogenated alkanes) is 2. The Bertz CT molecular complexity index is 438. The molecule has 0 spiro atoms. The minimum Gasteiger partial charge on any atom is -0.493 e. The number of halogens is 1. The third-order valence-corrected chi connectivity index (χ3v) is 2.96. The quantitative estimate of drug-likeness (QED) is 0.533. The van der Waals surface area contributed by atoms with Crippen molar-refractivity contribution in [1.29, 1.82) is 0 Å².